The fourth-order valence-corrected chi connectivity index (χ4v) is 4.10. The van der Waals surface area contributed by atoms with E-state index < -0.39 is 0 Å². The molecule has 0 aliphatic rings. The zero-order valence-corrected chi connectivity index (χ0v) is 20.9. The zero-order chi connectivity index (χ0) is 24.8. The first kappa shape index (κ1) is 25.6. The largest absolute Gasteiger partial charge is 0.326 e. The molecule has 1 heterocycles. The number of anilines is 1. The van der Waals surface area contributed by atoms with Gasteiger partial charge in [-0.25, -0.2) is 4.39 Å². The summed E-state index contributed by atoms with van der Waals surface area (Å²) in [7, 11) is 3.89. The van der Waals surface area contributed by atoms with Crippen molar-refractivity contribution in [3.63, 3.8) is 0 Å². The van der Waals surface area contributed by atoms with E-state index in [0.717, 1.165) is 5.69 Å². The maximum Gasteiger partial charge on any atom is 0.224 e. The van der Waals surface area contributed by atoms with Crippen LogP contribution in [0.5, 0.6) is 0 Å². The molecule has 34 heavy (non-hydrogen) atoms. The van der Waals surface area contributed by atoms with Crippen LogP contribution >= 0.6 is 11.8 Å². The third-order valence-electron chi connectivity index (χ3n) is 5.31. The first-order valence-electron chi connectivity index (χ1n) is 11.1. The van der Waals surface area contributed by atoms with Gasteiger partial charge in [-0.1, -0.05) is 25.6 Å². The summed E-state index contributed by atoms with van der Waals surface area (Å²) in [5, 5.41) is 12.1. The molecule has 3 aromatic rings. The molecular formula is C25H30FN5O2S. The average Bonchev–Trinajstić information content (AvgIpc) is 3.21. The number of thioether (sulfide) groups is 1. The van der Waals surface area contributed by atoms with Crippen LogP contribution in [-0.2, 0) is 4.79 Å². The standard InChI is InChI=1S/C25H30FN5O2S/c1-16(2)14-23(33)27-20-10-6-18(7-11-20)22(32)15-34-25-29-28-24(17(3)30(4)5)31(25)21-12-8-19(26)9-13-21/h6-13,16-17H,14-15H2,1-5H3,(H,27,33)/t17-/m0/s1. The van der Waals surface area contributed by atoms with E-state index in [0.29, 0.717) is 28.7 Å². The molecule has 3 rings (SSSR count). The quantitative estimate of drug-likeness (QED) is 0.323. The predicted molar refractivity (Wildman–Crippen MR) is 133 cm³/mol. The lowest BCUT2D eigenvalue weighted by atomic mass is 10.1. The minimum atomic E-state index is -0.327. The molecule has 0 aliphatic heterocycles. The topological polar surface area (TPSA) is 80.1 Å². The second-order valence-corrected chi connectivity index (χ2v) is 9.67. The number of rotatable bonds is 10. The summed E-state index contributed by atoms with van der Waals surface area (Å²) < 4.78 is 15.3. The normalized spacial score (nSPS) is 12.2. The second kappa shape index (κ2) is 11.4. The Bertz CT molecular complexity index is 1130. The van der Waals surface area contributed by atoms with Crippen LogP contribution in [0.3, 0.4) is 0 Å². The minimum Gasteiger partial charge on any atom is -0.326 e. The first-order valence-corrected chi connectivity index (χ1v) is 12.1. The van der Waals surface area contributed by atoms with E-state index in [1.54, 1.807) is 36.4 Å². The van der Waals surface area contributed by atoms with Crippen LogP contribution in [-0.4, -0.2) is 51.2 Å². The van der Waals surface area contributed by atoms with Crippen molar-refractivity contribution in [2.45, 2.75) is 38.4 Å². The van der Waals surface area contributed by atoms with Gasteiger partial charge in [-0.05, 0) is 75.5 Å². The molecule has 1 N–H and O–H groups in total. The first-order chi connectivity index (χ1) is 16.2. The van der Waals surface area contributed by atoms with Crippen molar-refractivity contribution in [2.24, 2.45) is 5.92 Å². The number of hydrogen-bond acceptors (Lipinski definition) is 6. The summed E-state index contributed by atoms with van der Waals surface area (Å²) in [4.78, 5) is 26.8. The maximum absolute atomic E-state index is 13.5. The summed E-state index contributed by atoms with van der Waals surface area (Å²) in [6.07, 6.45) is 0.445. The van der Waals surface area contributed by atoms with Gasteiger partial charge in [-0.2, -0.15) is 0 Å². The van der Waals surface area contributed by atoms with Crippen LogP contribution in [0.15, 0.2) is 53.7 Å². The molecule has 0 unspecified atom stereocenters. The van der Waals surface area contributed by atoms with E-state index in [1.807, 2.05) is 44.3 Å². The molecule has 0 bridgehead atoms. The predicted octanol–water partition coefficient (Wildman–Crippen LogP) is 4.99. The van der Waals surface area contributed by atoms with Gasteiger partial charge in [0.2, 0.25) is 5.91 Å². The molecule has 180 valence electrons. The number of aromatic nitrogens is 3. The number of carbonyl (C=O) groups is 2. The molecule has 1 atom stereocenters. The van der Waals surface area contributed by atoms with Crippen LogP contribution in [0.25, 0.3) is 5.69 Å². The molecule has 1 aromatic heterocycles. The highest BCUT2D eigenvalue weighted by Gasteiger charge is 2.22. The second-order valence-electron chi connectivity index (χ2n) is 8.73. The Hall–Kier alpha value is -3.04. The molecule has 0 spiro atoms. The van der Waals surface area contributed by atoms with Gasteiger partial charge in [0.05, 0.1) is 11.8 Å². The van der Waals surface area contributed by atoms with E-state index in [1.165, 1.54) is 23.9 Å². The Labute approximate surface area is 203 Å². The van der Waals surface area contributed by atoms with E-state index in [9.17, 15) is 14.0 Å². The maximum atomic E-state index is 13.5. The Morgan fingerprint density at radius 3 is 2.26 bits per heavy atom. The number of halogens is 1. The highest BCUT2D eigenvalue weighted by atomic mass is 32.2. The number of benzene rings is 2. The van der Waals surface area contributed by atoms with E-state index in [4.69, 9.17) is 0 Å². The molecule has 9 heteroatoms. The van der Waals surface area contributed by atoms with Gasteiger partial charge >= 0.3 is 0 Å². The van der Waals surface area contributed by atoms with Gasteiger partial charge in [0, 0.05) is 23.4 Å². The lowest BCUT2D eigenvalue weighted by Gasteiger charge is -2.20. The number of carbonyl (C=O) groups excluding carboxylic acids is 2. The van der Waals surface area contributed by atoms with E-state index >= 15 is 0 Å². The molecule has 0 saturated heterocycles. The van der Waals surface area contributed by atoms with Gasteiger partial charge in [-0.3, -0.25) is 19.1 Å². The number of amides is 1. The summed E-state index contributed by atoms with van der Waals surface area (Å²) >= 11 is 1.28. The summed E-state index contributed by atoms with van der Waals surface area (Å²) in [6.45, 7) is 5.98. The summed E-state index contributed by atoms with van der Waals surface area (Å²) in [5.74, 6) is 0.694. The number of nitrogens with one attached hydrogen (secondary N) is 1. The smallest absolute Gasteiger partial charge is 0.224 e. The van der Waals surface area contributed by atoms with Crippen LogP contribution < -0.4 is 5.32 Å². The average molecular weight is 484 g/mol. The van der Waals surface area contributed by atoms with Crippen molar-refractivity contribution in [3.8, 4) is 5.69 Å². The SMILES string of the molecule is CC(C)CC(=O)Nc1ccc(C(=O)CSc2nnc([C@H](C)N(C)C)n2-c2ccc(F)cc2)cc1. The molecule has 0 saturated carbocycles. The third kappa shape index (κ3) is 6.51. The van der Waals surface area contributed by atoms with Crippen molar-refractivity contribution in [1.82, 2.24) is 19.7 Å². The van der Waals surface area contributed by atoms with Gasteiger partial charge in [0.25, 0.3) is 0 Å². The molecule has 2 aromatic carbocycles. The van der Waals surface area contributed by atoms with Crippen LogP contribution in [0.4, 0.5) is 10.1 Å². The number of Topliss-reactive ketones (excluding diaryl/α,β-unsaturated/α-hetero) is 1. The van der Waals surface area contributed by atoms with E-state index in [2.05, 4.69) is 15.5 Å². The molecule has 0 fully saturated rings. The highest BCUT2D eigenvalue weighted by Crippen LogP contribution is 2.27. The molecule has 1 amide bonds. The van der Waals surface area contributed by atoms with Crippen LogP contribution in [0.1, 0.15) is 49.4 Å². The van der Waals surface area contributed by atoms with Gasteiger partial charge in [0.15, 0.2) is 16.8 Å². The van der Waals surface area contributed by atoms with Crippen molar-refractivity contribution in [1.29, 1.82) is 0 Å². The summed E-state index contributed by atoms with van der Waals surface area (Å²) in [6, 6.07) is 13.0. The van der Waals surface area contributed by atoms with Crippen LogP contribution in [0, 0.1) is 11.7 Å². The van der Waals surface area contributed by atoms with Crippen molar-refractivity contribution >= 4 is 29.1 Å². The lowest BCUT2D eigenvalue weighted by Crippen LogP contribution is -2.20. The highest BCUT2D eigenvalue weighted by molar-refractivity contribution is 7.99. The Morgan fingerprint density at radius 1 is 1.03 bits per heavy atom. The number of ketones is 1. The van der Waals surface area contributed by atoms with E-state index in [-0.39, 0.29) is 35.2 Å². The van der Waals surface area contributed by atoms with Crippen molar-refractivity contribution < 1.29 is 14.0 Å². The number of hydrogen-bond donors (Lipinski definition) is 1. The number of nitrogens with zero attached hydrogens (tertiary/aromatic N) is 4. The van der Waals surface area contributed by atoms with Gasteiger partial charge < -0.3 is 5.32 Å². The fourth-order valence-electron chi connectivity index (χ4n) is 3.24. The third-order valence-corrected chi connectivity index (χ3v) is 6.24. The van der Waals surface area contributed by atoms with Gasteiger partial charge in [0.1, 0.15) is 5.82 Å². The van der Waals surface area contributed by atoms with Crippen molar-refractivity contribution in [2.75, 3.05) is 25.2 Å². The monoisotopic (exact) mass is 483 g/mol. The Kier molecular flexibility index (Phi) is 8.57. The molecule has 7 nitrogen and oxygen atoms in total. The van der Waals surface area contributed by atoms with Crippen molar-refractivity contribution in [3.05, 3.63) is 65.7 Å². The zero-order valence-electron chi connectivity index (χ0n) is 20.1. The Balaban J connectivity index is 1.74. The minimum absolute atomic E-state index is 0.0407. The van der Waals surface area contributed by atoms with Gasteiger partial charge in [-0.15, -0.1) is 10.2 Å². The summed E-state index contributed by atoms with van der Waals surface area (Å²) in [5.41, 5.74) is 1.93. The molecule has 0 radical (unpaired) electrons. The fraction of sp³-hybridized carbons (Fsp3) is 0.360. The Morgan fingerprint density at radius 2 is 1.68 bits per heavy atom. The molecule has 0 aliphatic carbocycles. The molecular weight excluding hydrogens is 453 g/mol. The lowest BCUT2D eigenvalue weighted by molar-refractivity contribution is -0.116. The van der Waals surface area contributed by atoms with Crippen LogP contribution in [0.2, 0.25) is 0 Å².